The Morgan fingerprint density at radius 3 is 2.75 bits per heavy atom. The van der Waals surface area contributed by atoms with E-state index in [0.717, 1.165) is 24.2 Å². The zero-order valence-corrected chi connectivity index (χ0v) is 12.6. The molecule has 1 fully saturated rings. The van der Waals surface area contributed by atoms with Crippen molar-refractivity contribution in [1.29, 1.82) is 0 Å². The molecule has 1 heterocycles. The molecular weight excluding hydrogens is 275 g/mol. The van der Waals surface area contributed by atoms with Gasteiger partial charge in [-0.1, -0.05) is 25.3 Å². The van der Waals surface area contributed by atoms with Crippen LogP contribution in [0.15, 0.2) is 18.2 Å². The topological polar surface area (TPSA) is 17.8 Å². The van der Waals surface area contributed by atoms with E-state index in [1.54, 1.807) is 6.07 Å². The molecule has 0 N–H and O–H groups in total. The Morgan fingerprint density at radius 1 is 1.30 bits per heavy atom. The second-order valence-electron chi connectivity index (χ2n) is 5.97. The van der Waals surface area contributed by atoms with Crippen molar-refractivity contribution in [3.63, 3.8) is 0 Å². The zero-order valence-electron chi connectivity index (χ0n) is 11.8. The number of alkyl halides is 1. The maximum atomic E-state index is 14.0. The van der Waals surface area contributed by atoms with E-state index in [-0.39, 0.29) is 11.4 Å². The van der Waals surface area contributed by atoms with Crippen molar-refractivity contribution >= 4 is 22.6 Å². The molecule has 0 bridgehead atoms. The second-order valence-corrected chi connectivity index (χ2v) is 6.35. The van der Waals surface area contributed by atoms with Gasteiger partial charge in [0.05, 0.1) is 5.52 Å². The Kier molecular flexibility index (Phi) is 3.72. The molecule has 1 aromatic carbocycles. The fourth-order valence-electron chi connectivity index (χ4n) is 3.50. The molecule has 0 aliphatic heterocycles. The van der Waals surface area contributed by atoms with Crippen LogP contribution in [0.1, 0.15) is 44.9 Å². The van der Waals surface area contributed by atoms with Gasteiger partial charge >= 0.3 is 0 Å². The number of aromatic nitrogens is 2. The van der Waals surface area contributed by atoms with Crippen LogP contribution >= 0.6 is 11.6 Å². The zero-order chi connectivity index (χ0) is 14.2. The molecule has 0 atom stereocenters. The first kappa shape index (κ1) is 13.9. The van der Waals surface area contributed by atoms with Gasteiger partial charge in [0.2, 0.25) is 0 Å². The number of para-hydroxylation sites is 1. The van der Waals surface area contributed by atoms with E-state index in [1.165, 1.54) is 25.3 Å². The normalized spacial score (nSPS) is 18.6. The summed E-state index contributed by atoms with van der Waals surface area (Å²) in [5.41, 5.74) is 1.44. The molecule has 0 amide bonds. The van der Waals surface area contributed by atoms with Gasteiger partial charge in [0, 0.05) is 17.8 Å². The minimum Gasteiger partial charge on any atom is -0.322 e. The van der Waals surface area contributed by atoms with Crippen molar-refractivity contribution in [3.8, 4) is 0 Å². The number of halogens is 2. The summed E-state index contributed by atoms with van der Waals surface area (Å²) < 4.78 is 16.3. The van der Waals surface area contributed by atoms with Gasteiger partial charge in [-0.25, -0.2) is 9.37 Å². The lowest BCUT2D eigenvalue weighted by Crippen LogP contribution is -2.34. The lowest BCUT2D eigenvalue weighted by atomic mass is 9.82. The standard InChI is InChI=1S/C16H20ClFN2/c1-16(9-3-2-4-10-16)20-13-7-5-6-12(18)15(13)19-14(20)8-11-17/h5-7H,2-4,8-11H2,1H3. The Bertz CT molecular complexity index is 614. The number of rotatable bonds is 3. The van der Waals surface area contributed by atoms with Gasteiger partial charge < -0.3 is 4.57 Å². The van der Waals surface area contributed by atoms with E-state index in [4.69, 9.17) is 11.6 Å². The predicted molar refractivity (Wildman–Crippen MR) is 80.8 cm³/mol. The predicted octanol–water partition coefficient (Wildman–Crippen LogP) is 4.64. The minimum atomic E-state index is -0.239. The monoisotopic (exact) mass is 294 g/mol. The van der Waals surface area contributed by atoms with Crippen LogP contribution in [0.5, 0.6) is 0 Å². The average Bonchev–Trinajstić information content (AvgIpc) is 2.80. The Hall–Kier alpha value is -1.09. The number of fused-ring (bicyclic) bond motifs is 1. The molecule has 1 aliphatic carbocycles. The molecule has 4 heteroatoms. The summed E-state index contributed by atoms with van der Waals surface area (Å²) in [4.78, 5) is 4.53. The molecule has 2 aromatic rings. The fraction of sp³-hybridized carbons (Fsp3) is 0.562. The van der Waals surface area contributed by atoms with Crippen molar-refractivity contribution in [2.24, 2.45) is 0 Å². The van der Waals surface area contributed by atoms with E-state index in [1.807, 2.05) is 6.07 Å². The van der Waals surface area contributed by atoms with Crippen molar-refractivity contribution in [2.75, 3.05) is 5.88 Å². The Labute approximate surface area is 123 Å². The maximum absolute atomic E-state index is 14.0. The fourth-order valence-corrected chi connectivity index (χ4v) is 3.67. The van der Waals surface area contributed by atoms with Crippen molar-refractivity contribution < 1.29 is 4.39 Å². The molecule has 0 spiro atoms. The van der Waals surface area contributed by atoms with E-state index in [9.17, 15) is 4.39 Å². The first-order chi connectivity index (χ1) is 9.65. The molecule has 0 saturated heterocycles. The van der Waals surface area contributed by atoms with Crippen LogP contribution in [0, 0.1) is 5.82 Å². The summed E-state index contributed by atoms with van der Waals surface area (Å²) in [5.74, 6) is 1.20. The van der Waals surface area contributed by atoms with E-state index in [2.05, 4.69) is 16.5 Å². The van der Waals surface area contributed by atoms with Gasteiger partial charge in [0.15, 0.2) is 5.82 Å². The highest BCUT2D eigenvalue weighted by Gasteiger charge is 2.32. The van der Waals surface area contributed by atoms with E-state index < -0.39 is 0 Å². The molecule has 1 saturated carbocycles. The number of benzene rings is 1. The first-order valence-corrected chi connectivity index (χ1v) is 7.91. The summed E-state index contributed by atoms with van der Waals surface area (Å²) in [6.45, 7) is 2.27. The lowest BCUT2D eigenvalue weighted by Gasteiger charge is -2.37. The highest BCUT2D eigenvalue weighted by molar-refractivity contribution is 6.17. The van der Waals surface area contributed by atoms with Crippen molar-refractivity contribution in [1.82, 2.24) is 9.55 Å². The quantitative estimate of drug-likeness (QED) is 0.754. The van der Waals surface area contributed by atoms with Crippen LogP contribution in [-0.4, -0.2) is 15.4 Å². The average molecular weight is 295 g/mol. The Morgan fingerprint density at radius 2 is 2.05 bits per heavy atom. The molecule has 1 aromatic heterocycles. The number of nitrogens with zero attached hydrogens (tertiary/aromatic N) is 2. The molecule has 108 valence electrons. The number of aryl methyl sites for hydroxylation is 1. The van der Waals surface area contributed by atoms with Crippen molar-refractivity contribution in [2.45, 2.75) is 51.0 Å². The Balaban J connectivity index is 2.20. The van der Waals surface area contributed by atoms with Crippen LogP contribution in [0.2, 0.25) is 0 Å². The van der Waals surface area contributed by atoms with Crippen LogP contribution in [0.4, 0.5) is 4.39 Å². The van der Waals surface area contributed by atoms with E-state index in [0.29, 0.717) is 17.8 Å². The molecule has 2 nitrogen and oxygen atoms in total. The smallest absolute Gasteiger partial charge is 0.151 e. The third-order valence-corrected chi connectivity index (χ3v) is 4.68. The molecule has 0 unspecified atom stereocenters. The highest BCUT2D eigenvalue weighted by Crippen LogP contribution is 2.38. The lowest BCUT2D eigenvalue weighted by molar-refractivity contribution is 0.219. The van der Waals surface area contributed by atoms with Crippen LogP contribution < -0.4 is 0 Å². The molecular formula is C16H20ClFN2. The van der Waals surface area contributed by atoms with Crippen LogP contribution in [0.3, 0.4) is 0 Å². The summed E-state index contributed by atoms with van der Waals surface area (Å²) in [6, 6.07) is 5.23. The number of hydrogen-bond acceptors (Lipinski definition) is 1. The van der Waals surface area contributed by atoms with Gasteiger partial charge in [-0.2, -0.15) is 0 Å². The number of imidazole rings is 1. The summed E-state index contributed by atoms with van der Waals surface area (Å²) in [7, 11) is 0. The summed E-state index contributed by atoms with van der Waals surface area (Å²) >= 11 is 5.91. The third kappa shape index (κ3) is 2.22. The molecule has 3 rings (SSSR count). The van der Waals surface area contributed by atoms with Crippen molar-refractivity contribution in [3.05, 3.63) is 29.8 Å². The first-order valence-electron chi connectivity index (χ1n) is 7.38. The third-order valence-electron chi connectivity index (χ3n) is 4.49. The SMILES string of the molecule is CC1(n2c(CCCl)nc3c(F)cccc32)CCCCC1. The number of hydrogen-bond donors (Lipinski definition) is 0. The minimum absolute atomic E-state index is 0.0438. The van der Waals surface area contributed by atoms with Gasteiger partial charge in [-0.3, -0.25) is 0 Å². The second kappa shape index (κ2) is 5.36. The highest BCUT2D eigenvalue weighted by atomic mass is 35.5. The van der Waals surface area contributed by atoms with Gasteiger partial charge in [0.1, 0.15) is 11.3 Å². The van der Waals surface area contributed by atoms with Crippen LogP contribution in [0.25, 0.3) is 11.0 Å². The summed E-state index contributed by atoms with van der Waals surface area (Å²) in [6.07, 6.45) is 6.69. The van der Waals surface area contributed by atoms with Crippen LogP contribution in [-0.2, 0) is 12.0 Å². The molecule has 20 heavy (non-hydrogen) atoms. The molecule has 1 aliphatic rings. The van der Waals surface area contributed by atoms with Gasteiger partial charge in [-0.05, 0) is 31.9 Å². The maximum Gasteiger partial charge on any atom is 0.151 e. The van der Waals surface area contributed by atoms with Gasteiger partial charge in [0.25, 0.3) is 0 Å². The van der Waals surface area contributed by atoms with E-state index >= 15 is 0 Å². The van der Waals surface area contributed by atoms with Gasteiger partial charge in [-0.15, -0.1) is 11.6 Å². The molecule has 0 radical (unpaired) electrons. The largest absolute Gasteiger partial charge is 0.322 e. The summed E-state index contributed by atoms with van der Waals surface area (Å²) in [5, 5.41) is 0.